The van der Waals surface area contributed by atoms with Crippen LogP contribution in [0.5, 0.6) is 0 Å². The molecule has 1 N–H and O–H groups in total. The monoisotopic (exact) mass is 367 g/mol. The predicted molar refractivity (Wildman–Crippen MR) is 108 cm³/mol. The van der Waals surface area contributed by atoms with Gasteiger partial charge in [0.15, 0.2) is 0 Å². The van der Waals surface area contributed by atoms with Crippen molar-refractivity contribution in [3.05, 3.63) is 71.8 Å². The highest BCUT2D eigenvalue weighted by Gasteiger charge is 2.24. The molecule has 0 aromatic heterocycles. The van der Waals surface area contributed by atoms with Crippen molar-refractivity contribution in [2.75, 3.05) is 39.9 Å². The first-order chi connectivity index (χ1) is 13.2. The normalized spacial score (nSPS) is 17.1. The zero-order chi connectivity index (χ0) is 19.1. The van der Waals surface area contributed by atoms with Crippen molar-refractivity contribution < 1.29 is 9.53 Å². The van der Waals surface area contributed by atoms with Crippen LogP contribution in [0.2, 0.25) is 0 Å². The summed E-state index contributed by atoms with van der Waals surface area (Å²) in [6, 6.07) is 20.6. The molecule has 0 saturated carbocycles. The average molecular weight is 367 g/mol. The lowest BCUT2D eigenvalue weighted by Crippen LogP contribution is -2.46. The van der Waals surface area contributed by atoms with Gasteiger partial charge in [-0.05, 0) is 18.1 Å². The summed E-state index contributed by atoms with van der Waals surface area (Å²) in [4.78, 5) is 16.9. The molecule has 144 valence electrons. The van der Waals surface area contributed by atoms with Crippen molar-refractivity contribution in [3.63, 3.8) is 0 Å². The Hall–Kier alpha value is -2.37. The van der Waals surface area contributed by atoms with Crippen molar-refractivity contribution >= 4 is 6.03 Å². The van der Waals surface area contributed by atoms with Gasteiger partial charge in [0.05, 0.1) is 25.3 Å². The van der Waals surface area contributed by atoms with Crippen molar-refractivity contribution in [1.29, 1.82) is 0 Å². The van der Waals surface area contributed by atoms with Gasteiger partial charge >= 0.3 is 6.03 Å². The lowest BCUT2D eigenvalue weighted by Gasteiger charge is -2.35. The van der Waals surface area contributed by atoms with Crippen LogP contribution in [0.3, 0.4) is 0 Å². The van der Waals surface area contributed by atoms with E-state index in [1.165, 1.54) is 5.56 Å². The topological polar surface area (TPSA) is 44.8 Å². The highest BCUT2D eigenvalue weighted by atomic mass is 16.5. The van der Waals surface area contributed by atoms with Gasteiger partial charge in [-0.2, -0.15) is 0 Å². The minimum Gasteiger partial charge on any atom is -0.379 e. The zero-order valence-electron chi connectivity index (χ0n) is 16.2. The molecule has 1 fully saturated rings. The van der Waals surface area contributed by atoms with E-state index in [1.807, 2.05) is 50.4 Å². The Kier molecular flexibility index (Phi) is 6.85. The quantitative estimate of drug-likeness (QED) is 0.850. The molecular formula is C22H29N3O2. The fourth-order valence-corrected chi connectivity index (χ4v) is 3.46. The number of amides is 2. The Morgan fingerprint density at radius 1 is 1.04 bits per heavy atom. The maximum atomic E-state index is 12.7. The van der Waals surface area contributed by atoms with E-state index in [9.17, 15) is 4.79 Å². The Morgan fingerprint density at radius 2 is 1.59 bits per heavy atom. The van der Waals surface area contributed by atoms with Crippen LogP contribution in [0.15, 0.2) is 60.7 Å². The SMILES string of the molecule is C[C@H](c1ccccc1)N(C)C(=O)NC[C@@H](c1ccccc1)N1CCOCC1. The number of hydrogen-bond donors (Lipinski definition) is 1. The van der Waals surface area contributed by atoms with Gasteiger partial charge in [0.2, 0.25) is 0 Å². The number of hydrogen-bond acceptors (Lipinski definition) is 3. The number of benzene rings is 2. The fraction of sp³-hybridized carbons (Fsp3) is 0.409. The second kappa shape index (κ2) is 9.53. The summed E-state index contributed by atoms with van der Waals surface area (Å²) in [5.74, 6) is 0. The molecule has 0 spiro atoms. The molecule has 1 aliphatic heterocycles. The lowest BCUT2D eigenvalue weighted by atomic mass is 10.0. The summed E-state index contributed by atoms with van der Waals surface area (Å²) < 4.78 is 5.49. The molecule has 0 aliphatic carbocycles. The summed E-state index contributed by atoms with van der Waals surface area (Å²) in [5, 5.41) is 3.13. The lowest BCUT2D eigenvalue weighted by molar-refractivity contribution is 0.0164. The van der Waals surface area contributed by atoms with E-state index in [0.717, 1.165) is 31.9 Å². The average Bonchev–Trinajstić information content (AvgIpc) is 2.75. The van der Waals surface area contributed by atoms with E-state index in [4.69, 9.17) is 4.74 Å². The molecule has 0 radical (unpaired) electrons. The molecule has 0 bridgehead atoms. The van der Waals surface area contributed by atoms with E-state index >= 15 is 0 Å². The molecular weight excluding hydrogens is 338 g/mol. The molecule has 5 heteroatoms. The first-order valence-electron chi connectivity index (χ1n) is 9.59. The van der Waals surface area contributed by atoms with Gasteiger partial charge in [0, 0.05) is 26.7 Å². The molecule has 27 heavy (non-hydrogen) atoms. The minimum atomic E-state index is -0.0551. The Morgan fingerprint density at radius 3 is 2.19 bits per heavy atom. The minimum absolute atomic E-state index is 0.0183. The highest BCUT2D eigenvalue weighted by molar-refractivity contribution is 5.74. The van der Waals surface area contributed by atoms with Crippen LogP contribution in [0.25, 0.3) is 0 Å². The van der Waals surface area contributed by atoms with Crippen LogP contribution in [-0.2, 0) is 4.74 Å². The number of urea groups is 1. The van der Waals surface area contributed by atoms with Crippen molar-refractivity contribution in [2.24, 2.45) is 0 Å². The largest absolute Gasteiger partial charge is 0.379 e. The first kappa shape index (κ1) is 19.4. The molecule has 2 atom stereocenters. The smallest absolute Gasteiger partial charge is 0.317 e. The zero-order valence-corrected chi connectivity index (χ0v) is 16.2. The van der Waals surface area contributed by atoms with Gasteiger partial charge in [-0.25, -0.2) is 4.79 Å². The second-order valence-corrected chi connectivity index (χ2v) is 6.96. The standard InChI is InChI=1S/C22H29N3O2/c1-18(19-9-5-3-6-10-19)24(2)22(26)23-17-21(20-11-7-4-8-12-20)25-13-15-27-16-14-25/h3-12,18,21H,13-17H2,1-2H3,(H,23,26)/t18-,21+/m1/s1. The van der Waals surface area contributed by atoms with E-state index in [-0.39, 0.29) is 18.1 Å². The molecule has 5 nitrogen and oxygen atoms in total. The van der Waals surface area contributed by atoms with Crippen LogP contribution >= 0.6 is 0 Å². The van der Waals surface area contributed by atoms with Gasteiger partial charge in [-0.1, -0.05) is 60.7 Å². The molecule has 0 unspecified atom stereocenters. The molecule has 2 aromatic rings. The number of nitrogens with one attached hydrogen (secondary N) is 1. The van der Waals surface area contributed by atoms with Gasteiger partial charge in [0.1, 0.15) is 0 Å². The Bertz CT molecular complexity index is 702. The van der Waals surface area contributed by atoms with E-state index < -0.39 is 0 Å². The third kappa shape index (κ3) is 5.08. The predicted octanol–water partition coefficient (Wildman–Crippen LogP) is 3.46. The van der Waals surface area contributed by atoms with Crippen molar-refractivity contribution in [1.82, 2.24) is 15.1 Å². The van der Waals surface area contributed by atoms with Gasteiger partial charge in [-0.3, -0.25) is 4.90 Å². The van der Waals surface area contributed by atoms with E-state index in [2.05, 4.69) is 34.5 Å². The number of rotatable bonds is 6. The van der Waals surface area contributed by atoms with E-state index in [1.54, 1.807) is 4.90 Å². The van der Waals surface area contributed by atoms with Crippen molar-refractivity contribution in [2.45, 2.75) is 19.0 Å². The van der Waals surface area contributed by atoms with Gasteiger partial charge in [0.25, 0.3) is 0 Å². The summed E-state index contributed by atoms with van der Waals surface area (Å²) >= 11 is 0. The summed E-state index contributed by atoms with van der Waals surface area (Å²) in [6.45, 7) is 5.86. The molecule has 1 aliphatic rings. The maximum Gasteiger partial charge on any atom is 0.317 e. The van der Waals surface area contributed by atoms with Gasteiger partial charge in [-0.15, -0.1) is 0 Å². The van der Waals surface area contributed by atoms with Crippen LogP contribution in [0.1, 0.15) is 30.1 Å². The first-order valence-corrected chi connectivity index (χ1v) is 9.59. The Balaban J connectivity index is 1.64. The third-order valence-corrected chi connectivity index (χ3v) is 5.30. The van der Waals surface area contributed by atoms with Crippen LogP contribution in [-0.4, -0.2) is 55.7 Å². The summed E-state index contributed by atoms with van der Waals surface area (Å²) in [7, 11) is 1.85. The van der Waals surface area contributed by atoms with Crippen LogP contribution in [0, 0.1) is 0 Å². The summed E-state index contributed by atoms with van der Waals surface area (Å²) in [5.41, 5.74) is 2.35. The fourth-order valence-electron chi connectivity index (χ4n) is 3.46. The highest BCUT2D eigenvalue weighted by Crippen LogP contribution is 2.22. The third-order valence-electron chi connectivity index (χ3n) is 5.30. The molecule has 3 rings (SSSR count). The van der Waals surface area contributed by atoms with E-state index in [0.29, 0.717) is 6.54 Å². The Labute approximate surface area is 161 Å². The molecule has 2 amide bonds. The van der Waals surface area contributed by atoms with Gasteiger partial charge < -0.3 is 15.0 Å². The van der Waals surface area contributed by atoms with Crippen LogP contribution in [0.4, 0.5) is 4.79 Å². The molecule has 1 saturated heterocycles. The maximum absolute atomic E-state index is 12.7. The van der Waals surface area contributed by atoms with Crippen molar-refractivity contribution in [3.8, 4) is 0 Å². The van der Waals surface area contributed by atoms with Crippen LogP contribution < -0.4 is 5.32 Å². The number of ether oxygens (including phenoxy) is 1. The number of nitrogens with zero attached hydrogens (tertiary/aromatic N) is 2. The molecule has 1 heterocycles. The number of carbonyl (C=O) groups excluding carboxylic acids is 1. The number of morpholine rings is 1. The second-order valence-electron chi connectivity index (χ2n) is 6.96. The summed E-state index contributed by atoms with van der Waals surface area (Å²) in [6.07, 6.45) is 0. The number of carbonyl (C=O) groups is 1. The molecule has 2 aromatic carbocycles.